The van der Waals surface area contributed by atoms with Crippen LogP contribution in [-0.4, -0.2) is 23.3 Å². The second kappa shape index (κ2) is 8.79. The predicted octanol–water partition coefficient (Wildman–Crippen LogP) is 6.89. The van der Waals surface area contributed by atoms with Crippen molar-refractivity contribution in [2.75, 3.05) is 9.91 Å². The van der Waals surface area contributed by atoms with Gasteiger partial charge in [0.05, 0.1) is 17.1 Å². The summed E-state index contributed by atoms with van der Waals surface area (Å²) in [6.45, 7) is 11.3. The van der Waals surface area contributed by atoms with Gasteiger partial charge in [-0.15, -0.1) is 0 Å². The van der Waals surface area contributed by atoms with Gasteiger partial charge in [-0.2, -0.15) is 5.10 Å². The molecule has 38 heavy (non-hydrogen) atoms. The van der Waals surface area contributed by atoms with E-state index in [-0.39, 0.29) is 0 Å². The SMILES string of the molecule is CC(C)(C)OC(=O)N1C(=O)[C@@]2(c3cc(F)ccc31)[C@H](C(C)(C)C)C(c1ccccc1)=NN2c1ccccc1. The molecule has 3 aromatic carbocycles. The number of amides is 2. The second-order valence-corrected chi connectivity index (χ2v) is 11.8. The number of fused-ring (bicyclic) bond motifs is 2. The van der Waals surface area contributed by atoms with Crippen molar-refractivity contribution in [1.82, 2.24) is 0 Å². The van der Waals surface area contributed by atoms with Gasteiger partial charge in [-0.05, 0) is 62.1 Å². The van der Waals surface area contributed by atoms with E-state index in [1.54, 1.807) is 25.8 Å². The van der Waals surface area contributed by atoms with Crippen LogP contribution in [0.4, 0.5) is 20.6 Å². The first-order valence-corrected chi connectivity index (χ1v) is 12.7. The van der Waals surface area contributed by atoms with E-state index >= 15 is 0 Å². The average molecular weight is 514 g/mol. The van der Waals surface area contributed by atoms with Gasteiger partial charge in [0.15, 0.2) is 5.54 Å². The lowest BCUT2D eigenvalue weighted by molar-refractivity contribution is -0.125. The van der Waals surface area contributed by atoms with Crippen molar-refractivity contribution in [3.05, 3.63) is 95.8 Å². The zero-order valence-electron chi connectivity index (χ0n) is 22.5. The molecular formula is C31H32FN3O3. The van der Waals surface area contributed by atoms with Gasteiger partial charge in [0, 0.05) is 11.5 Å². The molecule has 0 bridgehead atoms. The number of hydrazone groups is 1. The number of carbonyl (C=O) groups is 2. The zero-order valence-corrected chi connectivity index (χ0v) is 22.5. The van der Waals surface area contributed by atoms with E-state index in [2.05, 4.69) is 0 Å². The number of hydrogen-bond acceptors (Lipinski definition) is 5. The Labute approximate surface area is 222 Å². The highest BCUT2D eigenvalue weighted by Crippen LogP contribution is 2.58. The Morgan fingerprint density at radius 1 is 0.921 bits per heavy atom. The van der Waals surface area contributed by atoms with E-state index in [0.717, 1.165) is 10.5 Å². The second-order valence-electron chi connectivity index (χ2n) is 11.8. The van der Waals surface area contributed by atoms with Crippen LogP contribution in [0.1, 0.15) is 52.7 Å². The number of ether oxygens (including phenoxy) is 1. The number of hydrogen-bond donors (Lipinski definition) is 0. The Balaban J connectivity index is 1.84. The molecule has 0 unspecified atom stereocenters. The Kier molecular flexibility index (Phi) is 5.93. The molecule has 0 aliphatic carbocycles. The Morgan fingerprint density at radius 3 is 2.11 bits per heavy atom. The molecular weight excluding hydrogens is 481 g/mol. The van der Waals surface area contributed by atoms with Gasteiger partial charge in [0.25, 0.3) is 5.91 Å². The Bertz CT molecular complexity index is 1420. The first kappa shape index (κ1) is 25.6. The fraction of sp³-hybridized carbons (Fsp3) is 0.323. The van der Waals surface area contributed by atoms with Gasteiger partial charge in [-0.1, -0.05) is 69.3 Å². The highest BCUT2D eigenvalue weighted by atomic mass is 19.1. The van der Waals surface area contributed by atoms with E-state index in [1.165, 1.54) is 18.2 Å². The van der Waals surface area contributed by atoms with Crippen LogP contribution >= 0.6 is 0 Å². The summed E-state index contributed by atoms with van der Waals surface area (Å²) in [7, 11) is 0. The molecule has 196 valence electrons. The van der Waals surface area contributed by atoms with Gasteiger partial charge >= 0.3 is 6.09 Å². The molecule has 0 aromatic heterocycles. The summed E-state index contributed by atoms with van der Waals surface area (Å²) in [5.41, 5.74) is -0.0136. The summed E-state index contributed by atoms with van der Waals surface area (Å²) in [5.74, 6) is -1.57. The van der Waals surface area contributed by atoms with Crippen LogP contribution in [-0.2, 0) is 15.1 Å². The number of para-hydroxylation sites is 1. The molecule has 0 saturated heterocycles. The minimum Gasteiger partial charge on any atom is -0.443 e. The molecule has 0 fully saturated rings. The minimum absolute atomic E-state index is 0.297. The summed E-state index contributed by atoms with van der Waals surface area (Å²) in [6, 6.07) is 23.1. The van der Waals surface area contributed by atoms with Gasteiger partial charge in [-0.25, -0.2) is 19.1 Å². The lowest BCUT2D eigenvalue weighted by atomic mass is 9.63. The molecule has 0 saturated carbocycles. The molecule has 6 nitrogen and oxygen atoms in total. The van der Waals surface area contributed by atoms with Crippen LogP contribution in [0.15, 0.2) is 84.0 Å². The van der Waals surface area contributed by atoms with Crippen molar-refractivity contribution in [1.29, 1.82) is 0 Å². The van der Waals surface area contributed by atoms with Crippen molar-refractivity contribution < 1.29 is 18.7 Å². The Hall–Kier alpha value is -4.00. The summed E-state index contributed by atoms with van der Waals surface area (Å²) < 4.78 is 20.7. The number of imide groups is 1. The zero-order chi connectivity index (χ0) is 27.5. The predicted molar refractivity (Wildman–Crippen MR) is 147 cm³/mol. The number of carbonyl (C=O) groups excluding carboxylic acids is 2. The van der Waals surface area contributed by atoms with Crippen LogP contribution in [0.3, 0.4) is 0 Å². The van der Waals surface area contributed by atoms with Gasteiger partial charge in [-0.3, -0.25) is 4.79 Å². The molecule has 0 N–H and O–H groups in total. The largest absolute Gasteiger partial charge is 0.443 e. The first-order valence-electron chi connectivity index (χ1n) is 12.7. The number of anilines is 2. The number of rotatable bonds is 2. The molecule has 2 amide bonds. The normalized spacial score (nSPS) is 21.1. The monoisotopic (exact) mass is 513 g/mol. The lowest BCUT2D eigenvalue weighted by Gasteiger charge is -2.43. The summed E-state index contributed by atoms with van der Waals surface area (Å²) in [5, 5.41) is 6.76. The molecule has 5 rings (SSSR count). The fourth-order valence-corrected chi connectivity index (χ4v) is 5.64. The molecule has 2 atom stereocenters. The number of benzene rings is 3. The standard InChI is InChI=1S/C31H32FN3O3/c1-29(2,3)26-25(20-13-9-7-10-14-20)33-35(22-15-11-8-12-16-22)31(26)23-19-21(32)17-18-24(23)34(27(31)36)28(37)38-30(4,5)6/h7-19,26H,1-6H3/t26-,31+/m0/s1. The topological polar surface area (TPSA) is 62.2 Å². The van der Waals surface area contributed by atoms with E-state index in [0.29, 0.717) is 22.6 Å². The van der Waals surface area contributed by atoms with Crippen molar-refractivity contribution in [2.45, 2.75) is 52.7 Å². The van der Waals surface area contributed by atoms with Crippen molar-refractivity contribution in [2.24, 2.45) is 16.4 Å². The fourth-order valence-electron chi connectivity index (χ4n) is 5.64. The van der Waals surface area contributed by atoms with E-state index in [9.17, 15) is 14.0 Å². The van der Waals surface area contributed by atoms with E-state index in [4.69, 9.17) is 9.84 Å². The van der Waals surface area contributed by atoms with Crippen LogP contribution in [0.2, 0.25) is 0 Å². The van der Waals surface area contributed by atoms with E-state index in [1.807, 2.05) is 81.4 Å². The van der Waals surface area contributed by atoms with Crippen LogP contribution in [0.25, 0.3) is 0 Å². The Morgan fingerprint density at radius 2 is 1.53 bits per heavy atom. The maximum Gasteiger partial charge on any atom is 0.421 e. The third-order valence-electron chi connectivity index (χ3n) is 6.88. The maximum atomic E-state index is 15.0. The third-order valence-corrected chi connectivity index (χ3v) is 6.88. The molecule has 1 spiro atoms. The van der Waals surface area contributed by atoms with Crippen molar-refractivity contribution >= 4 is 29.1 Å². The smallest absolute Gasteiger partial charge is 0.421 e. The lowest BCUT2D eigenvalue weighted by Crippen LogP contribution is -2.58. The molecule has 3 aromatic rings. The first-order chi connectivity index (χ1) is 17.9. The molecule has 7 heteroatoms. The highest BCUT2D eigenvalue weighted by molar-refractivity contribution is 6.25. The molecule has 0 radical (unpaired) electrons. The maximum absolute atomic E-state index is 15.0. The third kappa shape index (κ3) is 3.97. The van der Waals surface area contributed by atoms with Crippen molar-refractivity contribution in [3.8, 4) is 0 Å². The highest BCUT2D eigenvalue weighted by Gasteiger charge is 2.68. The minimum atomic E-state index is -1.53. The van der Waals surface area contributed by atoms with Gasteiger partial charge < -0.3 is 4.74 Å². The van der Waals surface area contributed by atoms with Gasteiger partial charge in [0.1, 0.15) is 11.4 Å². The van der Waals surface area contributed by atoms with Crippen LogP contribution in [0.5, 0.6) is 0 Å². The van der Waals surface area contributed by atoms with Crippen LogP contribution in [0, 0.1) is 17.2 Å². The summed E-state index contributed by atoms with van der Waals surface area (Å²) in [4.78, 5) is 29.4. The molecule has 2 aliphatic heterocycles. The molecule has 2 aliphatic rings. The number of halogens is 1. The van der Waals surface area contributed by atoms with E-state index < -0.39 is 40.3 Å². The summed E-state index contributed by atoms with van der Waals surface area (Å²) >= 11 is 0. The molecule has 2 heterocycles. The van der Waals surface area contributed by atoms with Crippen molar-refractivity contribution in [3.63, 3.8) is 0 Å². The average Bonchev–Trinajstić information content (AvgIpc) is 3.33. The number of nitrogens with zero attached hydrogens (tertiary/aromatic N) is 3. The van der Waals surface area contributed by atoms with Gasteiger partial charge in [0.2, 0.25) is 0 Å². The quantitative estimate of drug-likeness (QED) is 0.374. The summed E-state index contributed by atoms with van der Waals surface area (Å²) in [6.07, 6.45) is -0.805. The van der Waals surface area contributed by atoms with Crippen LogP contribution < -0.4 is 9.91 Å².